The van der Waals surface area contributed by atoms with Crippen molar-refractivity contribution in [2.24, 2.45) is 0 Å². The zero-order chi connectivity index (χ0) is 21.7. The van der Waals surface area contributed by atoms with Crippen LogP contribution in [0.1, 0.15) is 32.9 Å². The second-order valence-corrected chi connectivity index (χ2v) is 7.16. The highest BCUT2D eigenvalue weighted by Crippen LogP contribution is 2.22. The van der Waals surface area contributed by atoms with Crippen LogP contribution in [0.4, 0.5) is 0 Å². The predicted octanol–water partition coefficient (Wildman–Crippen LogP) is 3.88. The minimum atomic E-state index is -0.516. The molecule has 0 spiro atoms. The van der Waals surface area contributed by atoms with Crippen LogP contribution in [-0.2, 0) is 16.1 Å². The van der Waals surface area contributed by atoms with Crippen molar-refractivity contribution in [3.05, 3.63) is 82.7 Å². The van der Waals surface area contributed by atoms with Crippen LogP contribution in [-0.4, -0.2) is 30.2 Å². The van der Waals surface area contributed by atoms with Crippen LogP contribution in [0, 0.1) is 20.8 Å². The van der Waals surface area contributed by atoms with E-state index in [2.05, 4.69) is 5.32 Å². The fraction of sp³-hybridized carbons (Fsp3) is 0.250. The van der Waals surface area contributed by atoms with Gasteiger partial charge in [0.25, 0.3) is 5.91 Å². The molecule has 3 aromatic rings. The average molecular weight is 406 g/mol. The summed E-state index contributed by atoms with van der Waals surface area (Å²) in [7, 11) is 1.59. The van der Waals surface area contributed by atoms with Crippen LogP contribution in [0.5, 0.6) is 5.75 Å². The summed E-state index contributed by atoms with van der Waals surface area (Å²) in [5.74, 6) is -0.159. The number of amides is 1. The summed E-state index contributed by atoms with van der Waals surface area (Å²) in [6.45, 7) is 5.82. The molecule has 1 amide bonds. The Kier molecular flexibility index (Phi) is 6.57. The Balaban J connectivity index is 1.60. The lowest BCUT2D eigenvalue weighted by Gasteiger charge is -2.10. The molecular formula is C24H26N2O4. The zero-order valence-electron chi connectivity index (χ0n) is 17.7. The van der Waals surface area contributed by atoms with Gasteiger partial charge in [-0.1, -0.05) is 29.8 Å². The third-order valence-electron chi connectivity index (χ3n) is 4.90. The van der Waals surface area contributed by atoms with Gasteiger partial charge in [-0.05, 0) is 56.7 Å². The van der Waals surface area contributed by atoms with Crippen molar-refractivity contribution in [1.29, 1.82) is 0 Å². The SMILES string of the molecule is COc1cccc(CNC(=O)COC(=O)c2cc(C)n(-c3ccc(C)cc3)c2C)c1. The number of methoxy groups -OCH3 is 1. The number of carbonyl (C=O) groups excluding carboxylic acids is 2. The standard InChI is InChI=1S/C24H26N2O4/c1-16-8-10-20(11-9-16)26-17(2)12-22(18(26)3)24(28)30-15-23(27)25-14-19-6-5-7-21(13-19)29-4/h5-13H,14-15H2,1-4H3,(H,25,27). The molecule has 30 heavy (non-hydrogen) atoms. The van der Waals surface area contributed by atoms with E-state index in [0.717, 1.165) is 28.4 Å². The van der Waals surface area contributed by atoms with Crippen molar-refractivity contribution in [2.45, 2.75) is 27.3 Å². The van der Waals surface area contributed by atoms with Gasteiger partial charge in [0.2, 0.25) is 0 Å². The van der Waals surface area contributed by atoms with Crippen molar-refractivity contribution < 1.29 is 19.1 Å². The molecule has 1 heterocycles. The van der Waals surface area contributed by atoms with Crippen molar-refractivity contribution in [3.63, 3.8) is 0 Å². The van der Waals surface area contributed by atoms with E-state index < -0.39 is 5.97 Å². The fourth-order valence-corrected chi connectivity index (χ4v) is 3.30. The minimum Gasteiger partial charge on any atom is -0.497 e. The molecule has 3 rings (SSSR count). The molecule has 0 radical (unpaired) electrons. The Morgan fingerprint density at radius 3 is 2.43 bits per heavy atom. The summed E-state index contributed by atoms with van der Waals surface area (Å²) in [4.78, 5) is 24.6. The lowest BCUT2D eigenvalue weighted by atomic mass is 10.2. The summed E-state index contributed by atoms with van der Waals surface area (Å²) < 4.78 is 12.4. The number of carbonyl (C=O) groups is 2. The Labute approximate surface area is 176 Å². The van der Waals surface area contributed by atoms with Crippen LogP contribution in [0.3, 0.4) is 0 Å². The number of aryl methyl sites for hydroxylation is 2. The van der Waals surface area contributed by atoms with E-state index in [9.17, 15) is 9.59 Å². The van der Waals surface area contributed by atoms with Crippen LogP contribution >= 0.6 is 0 Å². The van der Waals surface area contributed by atoms with Crippen molar-refractivity contribution in [3.8, 4) is 11.4 Å². The molecule has 0 fully saturated rings. The van der Waals surface area contributed by atoms with Gasteiger partial charge in [0, 0.05) is 23.6 Å². The molecule has 2 aromatic carbocycles. The smallest absolute Gasteiger partial charge is 0.340 e. The largest absolute Gasteiger partial charge is 0.497 e. The maximum Gasteiger partial charge on any atom is 0.340 e. The van der Waals surface area contributed by atoms with E-state index in [1.165, 1.54) is 5.56 Å². The average Bonchev–Trinajstić information content (AvgIpc) is 3.05. The highest BCUT2D eigenvalue weighted by Gasteiger charge is 2.19. The molecular weight excluding hydrogens is 380 g/mol. The quantitative estimate of drug-likeness (QED) is 0.605. The molecule has 0 aliphatic carbocycles. The van der Waals surface area contributed by atoms with E-state index in [1.807, 2.05) is 73.9 Å². The van der Waals surface area contributed by atoms with E-state index in [1.54, 1.807) is 13.2 Å². The second-order valence-electron chi connectivity index (χ2n) is 7.16. The Morgan fingerprint density at radius 2 is 1.73 bits per heavy atom. The molecule has 0 saturated heterocycles. The summed E-state index contributed by atoms with van der Waals surface area (Å²) in [5.41, 5.74) is 5.19. The number of hydrogen-bond donors (Lipinski definition) is 1. The first kappa shape index (κ1) is 21.2. The van der Waals surface area contributed by atoms with Gasteiger partial charge in [-0.15, -0.1) is 0 Å². The molecule has 6 nitrogen and oxygen atoms in total. The number of benzene rings is 2. The van der Waals surface area contributed by atoms with Gasteiger partial charge in [0.1, 0.15) is 5.75 Å². The molecule has 156 valence electrons. The lowest BCUT2D eigenvalue weighted by Crippen LogP contribution is -2.28. The van der Waals surface area contributed by atoms with Gasteiger partial charge < -0.3 is 19.4 Å². The number of aromatic nitrogens is 1. The summed E-state index contributed by atoms with van der Waals surface area (Å²) in [5, 5.41) is 2.74. The van der Waals surface area contributed by atoms with Gasteiger partial charge >= 0.3 is 5.97 Å². The summed E-state index contributed by atoms with van der Waals surface area (Å²) >= 11 is 0. The van der Waals surface area contributed by atoms with Gasteiger partial charge in [-0.2, -0.15) is 0 Å². The molecule has 0 saturated carbocycles. The number of nitrogens with one attached hydrogen (secondary N) is 1. The van der Waals surface area contributed by atoms with Crippen LogP contribution in [0.15, 0.2) is 54.6 Å². The number of esters is 1. The van der Waals surface area contributed by atoms with Gasteiger partial charge in [0.15, 0.2) is 6.61 Å². The van der Waals surface area contributed by atoms with Crippen LogP contribution in [0.25, 0.3) is 5.69 Å². The molecule has 0 aliphatic rings. The normalized spacial score (nSPS) is 10.5. The maximum absolute atomic E-state index is 12.5. The third kappa shape index (κ3) is 4.89. The van der Waals surface area contributed by atoms with Gasteiger partial charge in [-0.25, -0.2) is 4.79 Å². The number of hydrogen-bond acceptors (Lipinski definition) is 4. The van der Waals surface area contributed by atoms with Crippen molar-refractivity contribution in [1.82, 2.24) is 9.88 Å². The number of nitrogens with zero attached hydrogens (tertiary/aromatic N) is 1. The Morgan fingerprint density at radius 1 is 1.00 bits per heavy atom. The molecule has 0 aliphatic heterocycles. The first-order chi connectivity index (χ1) is 14.4. The number of rotatable bonds is 7. The first-order valence-corrected chi connectivity index (χ1v) is 9.71. The zero-order valence-corrected chi connectivity index (χ0v) is 17.7. The maximum atomic E-state index is 12.5. The Hall–Kier alpha value is -3.54. The lowest BCUT2D eigenvalue weighted by molar-refractivity contribution is -0.124. The van der Waals surface area contributed by atoms with E-state index in [0.29, 0.717) is 12.1 Å². The summed E-state index contributed by atoms with van der Waals surface area (Å²) in [6.07, 6.45) is 0. The van der Waals surface area contributed by atoms with Crippen molar-refractivity contribution in [2.75, 3.05) is 13.7 Å². The molecule has 0 unspecified atom stereocenters. The van der Waals surface area contributed by atoms with E-state index in [4.69, 9.17) is 9.47 Å². The topological polar surface area (TPSA) is 69.6 Å². The molecule has 0 bridgehead atoms. The number of ether oxygens (including phenoxy) is 2. The van der Waals surface area contributed by atoms with Crippen molar-refractivity contribution >= 4 is 11.9 Å². The highest BCUT2D eigenvalue weighted by molar-refractivity contribution is 5.93. The predicted molar refractivity (Wildman–Crippen MR) is 115 cm³/mol. The molecule has 0 atom stereocenters. The van der Waals surface area contributed by atoms with Crippen LogP contribution in [0.2, 0.25) is 0 Å². The summed E-state index contributed by atoms with van der Waals surface area (Å²) in [6, 6.07) is 17.3. The van der Waals surface area contributed by atoms with Gasteiger partial charge in [0.05, 0.1) is 12.7 Å². The van der Waals surface area contributed by atoms with Gasteiger partial charge in [-0.3, -0.25) is 4.79 Å². The molecule has 1 aromatic heterocycles. The molecule has 1 N–H and O–H groups in total. The van der Waals surface area contributed by atoms with E-state index in [-0.39, 0.29) is 12.5 Å². The third-order valence-corrected chi connectivity index (χ3v) is 4.90. The second kappa shape index (κ2) is 9.31. The fourth-order valence-electron chi connectivity index (χ4n) is 3.30. The Bertz CT molecular complexity index is 1050. The van der Waals surface area contributed by atoms with Crippen LogP contribution < -0.4 is 10.1 Å². The minimum absolute atomic E-state index is 0.329. The highest BCUT2D eigenvalue weighted by atomic mass is 16.5. The van der Waals surface area contributed by atoms with E-state index >= 15 is 0 Å². The molecule has 6 heteroatoms. The monoisotopic (exact) mass is 406 g/mol. The first-order valence-electron chi connectivity index (χ1n) is 9.71.